The number of benzene rings is 1. The zero-order chi connectivity index (χ0) is 15.8. The standard InChI is InChI=1S/C17H24N2O2/c1-11-18-13-9-12(7-8-14(13)21-11)15(20)19-17(5,6)10-16(2,3)4/h7-9H,10H2,1-6H3,(H,19,20). The quantitative estimate of drug-likeness (QED) is 0.925. The summed E-state index contributed by atoms with van der Waals surface area (Å²) in [6, 6.07) is 5.34. The second kappa shape index (κ2) is 5.17. The normalized spacial score (nSPS) is 12.7. The van der Waals surface area contributed by atoms with E-state index in [9.17, 15) is 4.79 Å². The molecule has 21 heavy (non-hydrogen) atoms. The van der Waals surface area contributed by atoms with Crippen molar-refractivity contribution >= 4 is 17.0 Å². The van der Waals surface area contributed by atoms with Crippen molar-refractivity contribution < 1.29 is 9.21 Å². The van der Waals surface area contributed by atoms with Crippen LogP contribution in [0.2, 0.25) is 0 Å². The van der Waals surface area contributed by atoms with Crippen LogP contribution in [0.1, 0.15) is 57.3 Å². The van der Waals surface area contributed by atoms with E-state index in [-0.39, 0.29) is 16.9 Å². The largest absolute Gasteiger partial charge is 0.441 e. The number of nitrogens with zero attached hydrogens (tertiary/aromatic N) is 1. The number of rotatable bonds is 3. The molecule has 0 spiro atoms. The van der Waals surface area contributed by atoms with Crippen molar-refractivity contribution in [2.45, 2.75) is 53.5 Å². The third-order valence-electron chi connectivity index (χ3n) is 3.18. The van der Waals surface area contributed by atoms with Gasteiger partial charge in [-0.05, 0) is 43.9 Å². The van der Waals surface area contributed by atoms with Crippen molar-refractivity contribution in [1.29, 1.82) is 0 Å². The first kappa shape index (κ1) is 15.5. The van der Waals surface area contributed by atoms with Crippen LogP contribution in [0, 0.1) is 12.3 Å². The highest BCUT2D eigenvalue weighted by atomic mass is 16.3. The van der Waals surface area contributed by atoms with Gasteiger partial charge >= 0.3 is 0 Å². The van der Waals surface area contributed by atoms with E-state index in [1.807, 2.05) is 0 Å². The highest BCUT2D eigenvalue weighted by Gasteiger charge is 2.27. The van der Waals surface area contributed by atoms with E-state index in [4.69, 9.17) is 4.42 Å². The number of amides is 1. The minimum Gasteiger partial charge on any atom is -0.441 e. The van der Waals surface area contributed by atoms with Gasteiger partial charge in [0, 0.05) is 18.0 Å². The summed E-state index contributed by atoms with van der Waals surface area (Å²) in [4.78, 5) is 16.7. The van der Waals surface area contributed by atoms with Crippen LogP contribution in [0.3, 0.4) is 0 Å². The van der Waals surface area contributed by atoms with Crippen molar-refractivity contribution in [3.8, 4) is 0 Å². The molecule has 1 amide bonds. The van der Waals surface area contributed by atoms with E-state index < -0.39 is 0 Å². The zero-order valence-corrected chi connectivity index (χ0v) is 13.7. The molecule has 0 aliphatic rings. The van der Waals surface area contributed by atoms with E-state index in [1.54, 1.807) is 25.1 Å². The van der Waals surface area contributed by atoms with Gasteiger partial charge in [0.15, 0.2) is 11.5 Å². The van der Waals surface area contributed by atoms with Crippen molar-refractivity contribution in [2.75, 3.05) is 0 Å². The van der Waals surface area contributed by atoms with E-state index >= 15 is 0 Å². The molecule has 2 aromatic rings. The summed E-state index contributed by atoms with van der Waals surface area (Å²) < 4.78 is 5.43. The smallest absolute Gasteiger partial charge is 0.251 e. The van der Waals surface area contributed by atoms with Gasteiger partial charge < -0.3 is 9.73 Å². The lowest BCUT2D eigenvalue weighted by atomic mass is 9.81. The van der Waals surface area contributed by atoms with E-state index in [0.717, 1.165) is 6.42 Å². The first-order valence-corrected chi connectivity index (χ1v) is 7.25. The molecule has 0 aliphatic heterocycles. The molecule has 1 aromatic heterocycles. The molecule has 0 radical (unpaired) electrons. The summed E-state index contributed by atoms with van der Waals surface area (Å²) in [6.07, 6.45) is 0.900. The Morgan fingerprint density at radius 1 is 1.24 bits per heavy atom. The first-order valence-electron chi connectivity index (χ1n) is 7.25. The molecule has 0 saturated carbocycles. The summed E-state index contributed by atoms with van der Waals surface area (Å²) in [6.45, 7) is 12.4. The lowest BCUT2D eigenvalue weighted by Crippen LogP contribution is -2.45. The lowest BCUT2D eigenvalue weighted by Gasteiger charge is -2.33. The molecule has 0 bridgehead atoms. The molecule has 0 aliphatic carbocycles. The Kier molecular flexibility index (Phi) is 3.83. The molecule has 4 nitrogen and oxygen atoms in total. The first-order chi connectivity index (χ1) is 9.56. The highest BCUT2D eigenvalue weighted by Crippen LogP contribution is 2.27. The second-order valence-corrected chi connectivity index (χ2v) is 7.49. The number of aryl methyl sites for hydroxylation is 1. The number of nitrogens with one attached hydrogen (secondary N) is 1. The summed E-state index contributed by atoms with van der Waals surface area (Å²) in [7, 11) is 0. The Labute approximate surface area is 125 Å². The van der Waals surface area contributed by atoms with Crippen LogP contribution >= 0.6 is 0 Å². The minimum absolute atomic E-state index is 0.0770. The number of aromatic nitrogens is 1. The monoisotopic (exact) mass is 288 g/mol. The van der Waals surface area contributed by atoms with Crippen LogP contribution < -0.4 is 5.32 Å². The van der Waals surface area contributed by atoms with Gasteiger partial charge in [-0.25, -0.2) is 4.98 Å². The minimum atomic E-state index is -0.260. The van der Waals surface area contributed by atoms with Crippen LogP contribution in [0.5, 0.6) is 0 Å². The third kappa shape index (κ3) is 4.06. The van der Waals surface area contributed by atoms with Crippen molar-refractivity contribution in [1.82, 2.24) is 10.3 Å². The molecule has 114 valence electrons. The van der Waals surface area contributed by atoms with Crippen LogP contribution in [-0.4, -0.2) is 16.4 Å². The predicted molar refractivity (Wildman–Crippen MR) is 84.4 cm³/mol. The molecular formula is C17H24N2O2. The molecule has 2 rings (SSSR count). The summed E-state index contributed by atoms with van der Waals surface area (Å²) in [5.74, 6) is 0.530. The summed E-state index contributed by atoms with van der Waals surface area (Å²) >= 11 is 0. The maximum Gasteiger partial charge on any atom is 0.251 e. The number of fused-ring (bicyclic) bond motifs is 1. The number of oxazole rings is 1. The maximum atomic E-state index is 12.4. The van der Waals surface area contributed by atoms with Crippen molar-refractivity contribution in [3.05, 3.63) is 29.7 Å². The maximum absolute atomic E-state index is 12.4. The van der Waals surface area contributed by atoms with E-state index in [1.165, 1.54) is 0 Å². The lowest BCUT2D eigenvalue weighted by molar-refractivity contribution is 0.0891. The van der Waals surface area contributed by atoms with Gasteiger partial charge in [0.1, 0.15) is 5.52 Å². The van der Waals surface area contributed by atoms with Gasteiger partial charge in [0.2, 0.25) is 0 Å². The Morgan fingerprint density at radius 3 is 2.52 bits per heavy atom. The van der Waals surface area contributed by atoms with Crippen LogP contribution in [0.15, 0.2) is 22.6 Å². The van der Waals surface area contributed by atoms with Gasteiger partial charge in [-0.2, -0.15) is 0 Å². The number of hydrogen-bond acceptors (Lipinski definition) is 3. The number of carbonyl (C=O) groups is 1. The zero-order valence-electron chi connectivity index (χ0n) is 13.7. The average Bonchev–Trinajstić information content (AvgIpc) is 2.63. The Bertz CT molecular complexity index is 663. The molecule has 1 N–H and O–H groups in total. The molecule has 0 unspecified atom stereocenters. The van der Waals surface area contributed by atoms with Crippen LogP contribution in [-0.2, 0) is 0 Å². The Morgan fingerprint density at radius 2 is 1.90 bits per heavy atom. The second-order valence-electron chi connectivity index (χ2n) is 7.49. The van der Waals surface area contributed by atoms with E-state index in [2.05, 4.69) is 44.9 Å². The molecule has 0 saturated heterocycles. The van der Waals surface area contributed by atoms with Gasteiger partial charge in [0.25, 0.3) is 5.91 Å². The fourth-order valence-corrected chi connectivity index (χ4v) is 2.93. The van der Waals surface area contributed by atoms with Gasteiger partial charge in [-0.3, -0.25) is 4.79 Å². The average molecular weight is 288 g/mol. The van der Waals surface area contributed by atoms with Gasteiger partial charge in [-0.1, -0.05) is 20.8 Å². The third-order valence-corrected chi connectivity index (χ3v) is 3.18. The SMILES string of the molecule is Cc1nc2cc(C(=O)NC(C)(C)CC(C)(C)C)ccc2o1. The molecule has 4 heteroatoms. The molecular weight excluding hydrogens is 264 g/mol. The topological polar surface area (TPSA) is 55.1 Å². The Hall–Kier alpha value is -1.84. The predicted octanol–water partition coefficient (Wildman–Crippen LogP) is 4.08. The van der Waals surface area contributed by atoms with Crippen molar-refractivity contribution in [3.63, 3.8) is 0 Å². The molecule has 0 fully saturated rings. The fraction of sp³-hybridized carbons (Fsp3) is 0.529. The number of hydrogen-bond donors (Lipinski definition) is 1. The van der Waals surface area contributed by atoms with Crippen molar-refractivity contribution in [2.24, 2.45) is 5.41 Å². The van der Waals surface area contributed by atoms with Gasteiger partial charge in [0.05, 0.1) is 0 Å². The molecule has 0 atom stereocenters. The van der Waals surface area contributed by atoms with E-state index in [0.29, 0.717) is 22.6 Å². The number of carbonyl (C=O) groups excluding carboxylic acids is 1. The van der Waals surface area contributed by atoms with Gasteiger partial charge in [-0.15, -0.1) is 0 Å². The highest BCUT2D eigenvalue weighted by molar-refractivity contribution is 5.97. The summed E-state index contributed by atoms with van der Waals surface area (Å²) in [5.41, 5.74) is 1.93. The van der Waals surface area contributed by atoms with Crippen LogP contribution in [0.4, 0.5) is 0 Å². The Balaban J connectivity index is 2.18. The molecule has 1 aromatic carbocycles. The summed E-state index contributed by atoms with van der Waals surface area (Å²) in [5, 5.41) is 3.10. The fourth-order valence-electron chi connectivity index (χ4n) is 2.93. The molecule has 1 heterocycles. The van der Waals surface area contributed by atoms with Crippen LogP contribution in [0.25, 0.3) is 11.1 Å².